The summed E-state index contributed by atoms with van der Waals surface area (Å²) in [5.74, 6) is 0.437. The van der Waals surface area contributed by atoms with Crippen LogP contribution < -0.4 is 5.32 Å². The molecular weight excluding hydrogens is 421 g/mol. The Morgan fingerprint density at radius 1 is 0.871 bits per heavy atom. The molecule has 0 saturated heterocycles. The molecule has 31 heavy (non-hydrogen) atoms. The van der Waals surface area contributed by atoms with Crippen molar-refractivity contribution in [2.24, 2.45) is 4.40 Å². The normalized spacial score (nSPS) is 16.1. The maximum atomic E-state index is 13.4. The summed E-state index contributed by atoms with van der Waals surface area (Å²) in [6.45, 7) is 6.39. The average Bonchev–Trinajstić information content (AvgIpc) is 3.02. The van der Waals surface area contributed by atoms with Gasteiger partial charge in [-0.25, -0.2) is 4.21 Å². The van der Waals surface area contributed by atoms with Gasteiger partial charge >= 0.3 is 6.18 Å². The topological polar surface area (TPSA) is 41.5 Å². The number of anilines is 1. The molecule has 1 N–H and O–H groups in total. The van der Waals surface area contributed by atoms with Crippen molar-refractivity contribution in [3.05, 3.63) is 83.4 Å². The first-order chi connectivity index (χ1) is 14.5. The van der Waals surface area contributed by atoms with Crippen LogP contribution in [0, 0.1) is 0 Å². The lowest BCUT2D eigenvalue weighted by Gasteiger charge is -2.19. The maximum Gasteiger partial charge on any atom is 0.417 e. The van der Waals surface area contributed by atoms with E-state index >= 15 is 0 Å². The molecule has 0 saturated carbocycles. The number of fused-ring (bicyclic) bond motifs is 1. The number of rotatable bonds is 2. The first-order valence-electron chi connectivity index (χ1n) is 9.73. The van der Waals surface area contributed by atoms with E-state index in [0.29, 0.717) is 21.9 Å². The van der Waals surface area contributed by atoms with Crippen LogP contribution in [0.15, 0.2) is 76.0 Å². The van der Waals surface area contributed by atoms with Crippen LogP contribution in [0.3, 0.4) is 0 Å². The summed E-state index contributed by atoms with van der Waals surface area (Å²) in [6.07, 6.45) is -4.48. The molecule has 0 amide bonds. The zero-order chi connectivity index (χ0) is 22.4. The molecule has 4 rings (SSSR count). The molecule has 7 heteroatoms. The summed E-state index contributed by atoms with van der Waals surface area (Å²) in [6, 6.07) is 18.1. The monoisotopic (exact) mass is 442 g/mol. The minimum Gasteiger partial charge on any atom is -0.339 e. The van der Waals surface area contributed by atoms with Crippen molar-refractivity contribution in [2.75, 3.05) is 5.32 Å². The van der Waals surface area contributed by atoms with Crippen molar-refractivity contribution in [3.63, 3.8) is 0 Å². The van der Waals surface area contributed by atoms with Crippen LogP contribution in [-0.4, -0.2) is 10.0 Å². The molecule has 3 aromatic rings. The summed E-state index contributed by atoms with van der Waals surface area (Å²) in [7, 11) is -1.69. The molecule has 0 aliphatic carbocycles. The number of nitrogens with one attached hydrogen (secondary N) is 1. The molecule has 0 radical (unpaired) electrons. The van der Waals surface area contributed by atoms with E-state index in [1.54, 1.807) is 18.2 Å². The zero-order valence-corrected chi connectivity index (χ0v) is 18.1. The maximum absolute atomic E-state index is 13.4. The highest BCUT2D eigenvalue weighted by atomic mass is 32.2. The van der Waals surface area contributed by atoms with Gasteiger partial charge in [0.15, 0.2) is 11.0 Å². The fourth-order valence-electron chi connectivity index (χ4n) is 3.47. The molecule has 3 nitrogen and oxygen atoms in total. The highest BCUT2D eigenvalue weighted by Gasteiger charge is 2.34. The molecule has 0 bridgehead atoms. The van der Waals surface area contributed by atoms with E-state index < -0.39 is 22.7 Å². The highest BCUT2D eigenvalue weighted by molar-refractivity contribution is 7.84. The predicted molar refractivity (Wildman–Crippen MR) is 119 cm³/mol. The molecule has 3 aromatic carbocycles. The third-order valence-corrected chi connectivity index (χ3v) is 6.22. The number of halogens is 3. The Kier molecular flexibility index (Phi) is 5.25. The van der Waals surface area contributed by atoms with Gasteiger partial charge in [0.1, 0.15) is 5.84 Å². The van der Waals surface area contributed by atoms with Gasteiger partial charge in [-0.05, 0) is 52.4 Å². The second-order valence-electron chi connectivity index (χ2n) is 8.40. The Balaban J connectivity index is 1.65. The van der Waals surface area contributed by atoms with Gasteiger partial charge in [0.05, 0.1) is 10.5 Å². The van der Waals surface area contributed by atoms with Crippen LogP contribution in [0.5, 0.6) is 0 Å². The van der Waals surface area contributed by atoms with Crippen molar-refractivity contribution < 1.29 is 17.4 Å². The molecule has 1 heterocycles. The summed E-state index contributed by atoms with van der Waals surface area (Å²) in [5, 5.41) is 3.18. The minimum atomic E-state index is -4.48. The van der Waals surface area contributed by atoms with E-state index in [9.17, 15) is 17.4 Å². The Hall–Kier alpha value is -2.93. The number of nitrogens with zero attached hydrogens (tertiary/aromatic N) is 1. The van der Waals surface area contributed by atoms with Crippen LogP contribution in [0.2, 0.25) is 0 Å². The molecule has 0 spiro atoms. The molecule has 160 valence electrons. The number of benzene rings is 3. The van der Waals surface area contributed by atoms with Crippen molar-refractivity contribution >= 4 is 22.5 Å². The first kappa shape index (κ1) is 21.3. The van der Waals surface area contributed by atoms with Crippen molar-refractivity contribution in [1.82, 2.24) is 0 Å². The second-order valence-corrected chi connectivity index (χ2v) is 9.52. The van der Waals surface area contributed by atoms with Crippen molar-refractivity contribution in [2.45, 2.75) is 37.3 Å². The lowest BCUT2D eigenvalue weighted by atomic mass is 9.87. The summed E-state index contributed by atoms with van der Waals surface area (Å²) in [5.41, 5.74) is 2.30. The zero-order valence-electron chi connectivity index (χ0n) is 17.2. The van der Waals surface area contributed by atoms with Crippen LogP contribution in [0.4, 0.5) is 18.9 Å². The Morgan fingerprint density at radius 3 is 2.19 bits per heavy atom. The van der Waals surface area contributed by atoms with Crippen LogP contribution >= 0.6 is 0 Å². The van der Waals surface area contributed by atoms with Crippen LogP contribution in [0.1, 0.15) is 37.5 Å². The number of hydrogen-bond donors (Lipinski definition) is 1. The fourth-order valence-corrected chi connectivity index (χ4v) is 4.46. The molecule has 1 aliphatic rings. The van der Waals surface area contributed by atoms with Gasteiger partial charge in [-0.2, -0.15) is 17.6 Å². The quantitative estimate of drug-likeness (QED) is 0.488. The molecular formula is C24H21F3N2OS. The van der Waals surface area contributed by atoms with E-state index in [4.69, 9.17) is 0 Å². The Labute approximate surface area is 181 Å². The van der Waals surface area contributed by atoms with Crippen LogP contribution in [-0.2, 0) is 22.6 Å². The fraction of sp³-hybridized carbons (Fsp3) is 0.208. The molecule has 1 aliphatic heterocycles. The van der Waals surface area contributed by atoms with E-state index in [-0.39, 0.29) is 11.0 Å². The Morgan fingerprint density at radius 2 is 1.55 bits per heavy atom. The standard InChI is InChI=1S/C24H21F3N2OS/c1-23(2,3)16-9-11-17(12-10-16)28-22-19-13-8-15(14-21(19)31(30)29-22)18-6-4-5-7-20(18)24(25,26)27/h4-14H,1-3H3,(H,28,29). The predicted octanol–water partition coefficient (Wildman–Crippen LogP) is 6.56. The van der Waals surface area contributed by atoms with E-state index in [1.807, 2.05) is 24.3 Å². The minimum absolute atomic E-state index is 0.0284. The summed E-state index contributed by atoms with van der Waals surface area (Å²) in [4.78, 5) is 0.392. The van der Waals surface area contributed by atoms with E-state index in [0.717, 1.165) is 11.8 Å². The van der Waals surface area contributed by atoms with Gasteiger partial charge in [0, 0.05) is 11.3 Å². The number of amidine groups is 1. The number of hydrogen-bond acceptors (Lipinski definition) is 2. The lowest BCUT2D eigenvalue weighted by Crippen LogP contribution is -2.13. The van der Waals surface area contributed by atoms with E-state index in [1.165, 1.54) is 23.8 Å². The van der Waals surface area contributed by atoms with Gasteiger partial charge in [0.25, 0.3) is 0 Å². The third kappa shape index (κ3) is 4.28. The third-order valence-electron chi connectivity index (χ3n) is 5.16. The molecule has 0 aromatic heterocycles. The average molecular weight is 443 g/mol. The van der Waals surface area contributed by atoms with Crippen molar-refractivity contribution in [3.8, 4) is 11.1 Å². The van der Waals surface area contributed by atoms with Gasteiger partial charge < -0.3 is 5.32 Å². The molecule has 1 atom stereocenters. The SMILES string of the molecule is CC(C)(C)c1ccc(NC2=NS(=O)c3cc(-c4ccccc4C(F)(F)F)ccc32)cc1. The van der Waals surface area contributed by atoms with Crippen molar-refractivity contribution in [1.29, 1.82) is 0 Å². The second kappa shape index (κ2) is 7.64. The summed E-state index contributed by atoms with van der Waals surface area (Å²) >= 11 is 0. The molecule has 1 unspecified atom stereocenters. The van der Waals surface area contributed by atoms with E-state index in [2.05, 4.69) is 30.5 Å². The van der Waals surface area contributed by atoms with Gasteiger partial charge in [-0.15, -0.1) is 0 Å². The lowest BCUT2D eigenvalue weighted by molar-refractivity contribution is -0.137. The molecule has 0 fully saturated rings. The van der Waals surface area contributed by atoms with Gasteiger partial charge in [-0.1, -0.05) is 57.2 Å². The summed E-state index contributed by atoms with van der Waals surface area (Å²) < 4.78 is 57.0. The smallest absolute Gasteiger partial charge is 0.339 e. The Bertz CT molecular complexity index is 1190. The van der Waals surface area contributed by atoms with Gasteiger partial charge in [0.2, 0.25) is 0 Å². The number of alkyl halides is 3. The van der Waals surface area contributed by atoms with Crippen LogP contribution in [0.25, 0.3) is 11.1 Å². The largest absolute Gasteiger partial charge is 0.417 e. The highest BCUT2D eigenvalue weighted by Crippen LogP contribution is 2.38. The van der Waals surface area contributed by atoms with Gasteiger partial charge in [-0.3, -0.25) is 0 Å². The first-order valence-corrected chi connectivity index (χ1v) is 10.8.